The number of aryl methyl sites for hydroxylation is 1. The molecule has 0 aliphatic heterocycles. The highest BCUT2D eigenvalue weighted by atomic mass is 32.2. The molecular weight excluding hydrogens is 479 g/mol. The van der Waals surface area contributed by atoms with Crippen LogP contribution in [0.4, 0.5) is 27.6 Å². The molecule has 3 aromatic carbocycles. The first-order chi connectivity index (χ1) is 15.9. The van der Waals surface area contributed by atoms with Gasteiger partial charge in [0.2, 0.25) is 15.9 Å². The van der Waals surface area contributed by atoms with Crippen LogP contribution in [0.3, 0.4) is 0 Å². The third kappa shape index (κ3) is 5.97. The van der Waals surface area contributed by atoms with Crippen LogP contribution in [0, 0.1) is 18.6 Å². The van der Waals surface area contributed by atoms with Gasteiger partial charge >= 0.3 is 6.18 Å². The standard InChI is InChI=1S/C23H19F5N2O3S/c1-15-6-9-18(10-7-15)34(32,33)30(13-16-4-2-3-5-20(16)24)14-22(31)29-17-8-11-21(25)19(12-17)23(26,27)28/h2-12H,13-14H2,1H3,(H,29,31). The monoisotopic (exact) mass is 498 g/mol. The number of alkyl halides is 3. The molecule has 0 bridgehead atoms. The molecule has 0 saturated carbocycles. The summed E-state index contributed by atoms with van der Waals surface area (Å²) >= 11 is 0. The van der Waals surface area contributed by atoms with Crippen LogP contribution in [0.5, 0.6) is 0 Å². The number of rotatable bonds is 7. The summed E-state index contributed by atoms with van der Waals surface area (Å²) in [5.41, 5.74) is -1.18. The first-order valence-corrected chi connectivity index (χ1v) is 11.3. The highest BCUT2D eigenvalue weighted by molar-refractivity contribution is 7.89. The van der Waals surface area contributed by atoms with Gasteiger partial charge in [-0.1, -0.05) is 35.9 Å². The Hall–Kier alpha value is -3.31. The number of nitrogens with one attached hydrogen (secondary N) is 1. The van der Waals surface area contributed by atoms with Crippen LogP contribution in [0.25, 0.3) is 0 Å². The number of carbonyl (C=O) groups is 1. The number of nitrogens with zero attached hydrogens (tertiary/aromatic N) is 1. The van der Waals surface area contributed by atoms with Gasteiger partial charge in [-0.15, -0.1) is 0 Å². The molecule has 3 rings (SSSR count). The lowest BCUT2D eigenvalue weighted by molar-refractivity contribution is -0.140. The molecule has 5 nitrogen and oxygen atoms in total. The molecular formula is C23H19F5N2O3S. The Balaban J connectivity index is 1.90. The number of amides is 1. The molecule has 1 N–H and O–H groups in total. The lowest BCUT2D eigenvalue weighted by atomic mass is 10.2. The summed E-state index contributed by atoms with van der Waals surface area (Å²) in [6, 6.07) is 13.0. The van der Waals surface area contributed by atoms with Crippen LogP contribution in [-0.2, 0) is 27.5 Å². The van der Waals surface area contributed by atoms with Crippen molar-refractivity contribution in [2.24, 2.45) is 0 Å². The molecule has 0 spiro atoms. The molecule has 0 aliphatic carbocycles. The summed E-state index contributed by atoms with van der Waals surface area (Å²) in [5, 5.41) is 2.14. The van der Waals surface area contributed by atoms with Gasteiger partial charge in [-0.2, -0.15) is 17.5 Å². The number of halogens is 5. The maximum absolute atomic E-state index is 14.2. The van der Waals surface area contributed by atoms with Crippen molar-refractivity contribution >= 4 is 21.6 Å². The Morgan fingerprint density at radius 3 is 2.21 bits per heavy atom. The Morgan fingerprint density at radius 1 is 0.941 bits per heavy atom. The zero-order valence-corrected chi connectivity index (χ0v) is 18.6. The fourth-order valence-corrected chi connectivity index (χ4v) is 4.46. The Morgan fingerprint density at radius 2 is 1.59 bits per heavy atom. The predicted molar refractivity (Wildman–Crippen MR) is 115 cm³/mol. The van der Waals surface area contributed by atoms with E-state index < -0.39 is 52.4 Å². The van der Waals surface area contributed by atoms with E-state index in [1.54, 1.807) is 19.1 Å². The highest BCUT2D eigenvalue weighted by Gasteiger charge is 2.34. The average molecular weight is 498 g/mol. The molecule has 0 aromatic heterocycles. The fourth-order valence-electron chi connectivity index (χ4n) is 3.08. The van der Waals surface area contributed by atoms with E-state index in [4.69, 9.17) is 0 Å². The molecule has 1 amide bonds. The average Bonchev–Trinajstić information content (AvgIpc) is 2.75. The molecule has 3 aromatic rings. The molecule has 180 valence electrons. The van der Waals surface area contributed by atoms with Gasteiger partial charge in [-0.3, -0.25) is 4.79 Å². The molecule has 34 heavy (non-hydrogen) atoms. The van der Waals surface area contributed by atoms with Crippen molar-refractivity contribution in [3.63, 3.8) is 0 Å². The Bertz CT molecular complexity index is 1290. The van der Waals surface area contributed by atoms with Crippen LogP contribution in [0.2, 0.25) is 0 Å². The molecule has 0 radical (unpaired) electrons. The lowest BCUT2D eigenvalue weighted by Crippen LogP contribution is -2.37. The second-order valence-corrected chi connectivity index (χ2v) is 9.36. The third-order valence-electron chi connectivity index (χ3n) is 4.84. The van der Waals surface area contributed by atoms with Crippen molar-refractivity contribution in [1.29, 1.82) is 0 Å². The highest BCUT2D eigenvalue weighted by Crippen LogP contribution is 2.33. The van der Waals surface area contributed by atoms with Gasteiger partial charge in [0.15, 0.2) is 0 Å². The predicted octanol–water partition coefficient (Wildman–Crippen LogP) is 5.12. The molecule has 0 atom stereocenters. The SMILES string of the molecule is Cc1ccc(S(=O)(=O)N(CC(=O)Nc2ccc(F)c(C(F)(F)F)c2)Cc2ccccc2F)cc1. The van der Waals surface area contributed by atoms with Gasteiger partial charge in [0, 0.05) is 17.8 Å². The van der Waals surface area contributed by atoms with Crippen molar-refractivity contribution in [2.45, 2.75) is 24.5 Å². The van der Waals surface area contributed by atoms with E-state index in [1.165, 1.54) is 30.3 Å². The maximum atomic E-state index is 14.2. The van der Waals surface area contributed by atoms with E-state index in [1.807, 2.05) is 0 Å². The lowest BCUT2D eigenvalue weighted by Gasteiger charge is -2.22. The number of hydrogen-bond donors (Lipinski definition) is 1. The van der Waals surface area contributed by atoms with Crippen LogP contribution in [-0.4, -0.2) is 25.2 Å². The summed E-state index contributed by atoms with van der Waals surface area (Å²) in [6.07, 6.45) is -4.99. The van der Waals surface area contributed by atoms with Crippen LogP contribution >= 0.6 is 0 Å². The number of anilines is 1. The van der Waals surface area contributed by atoms with Gasteiger partial charge in [0.25, 0.3) is 0 Å². The number of benzene rings is 3. The van der Waals surface area contributed by atoms with Crippen molar-refractivity contribution in [1.82, 2.24) is 4.31 Å². The number of sulfonamides is 1. The molecule has 0 fully saturated rings. The molecule has 0 aliphatic rings. The summed E-state index contributed by atoms with van der Waals surface area (Å²) in [7, 11) is -4.29. The van der Waals surface area contributed by atoms with Crippen LogP contribution in [0.15, 0.2) is 71.6 Å². The molecule has 11 heteroatoms. The first kappa shape index (κ1) is 25.3. The largest absolute Gasteiger partial charge is 0.419 e. The van der Waals surface area contributed by atoms with Gasteiger partial charge in [0.1, 0.15) is 11.6 Å². The first-order valence-electron chi connectivity index (χ1n) is 9.85. The summed E-state index contributed by atoms with van der Waals surface area (Å²) in [4.78, 5) is 12.4. The molecule has 0 heterocycles. The minimum atomic E-state index is -4.99. The van der Waals surface area contributed by atoms with Crippen LogP contribution in [0.1, 0.15) is 16.7 Å². The van der Waals surface area contributed by atoms with E-state index >= 15 is 0 Å². The minimum Gasteiger partial charge on any atom is -0.325 e. The van der Waals surface area contributed by atoms with Gasteiger partial charge in [0.05, 0.1) is 17.0 Å². The normalized spacial score (nSPS) is 12.1. The van der Waals surface area contributed by atoms with Crippen molar-refractivity contribution < 1.29 is 35.2 Å². The Kier molecular flexibility index (Phi) is 7.37. The summed E-state index contributed by atoms with van der Waals surface area (Å²) in [5.74, 6) is -3.21. The van der Waals surface area contributed by atoms with Crippen molar-refractivity contribution in [3.05, 3.63) is 95.1 Å². The zero-order valence-electron chi connectivity index (χ0n) is 17.7. The van der Waals surface area contributed by atoms with E-state index in [-0.39, 0.29) is 16.1 Å². The second-order valence-electron chi connectivity index (χ2n) is 7.42. The smallest absolute Gasteiger partial charge is 0.325 e. The second kappa shape index (κ2) is 9.90. The summed E-state index contributed by atoms with van der Waals surface area (Å²) < 4.78 is 93.7. The van der Waals surface area contributed by atoms with Gasteiger partial charge < -0.3 is 5.32 Å². The third-order valence-corrected chi connectivity index (χ3v) is 6.64. The quantitative estimate of drug-likeness (QED) is 0.460. The van der Waals surface area contributed by atoms with E-state index in [0.717, 1.165) is 17.7 Å². The van der Waals surface area contributed by atoms with Crippen molar-refractivity contribution in [2.75, 3.05) is 11.9 Å². The topological polar surface area (TPSA) is 66.5 Å². The number of hydrogen-bond acceptors (Lipinski definition) is 3. The Labute approximate surface area is 192 Å². The summed E-state index contributed by atoms with van der Waals surface area (Å²) in [6.45, 7) is 0.412. The zero-order chi connectivity index (χ0) is 25.1. The number of carbonyl (C=O) groups excluding carboxylic acids is 1. The van der Waals surface area contributed by atoms with E-state index in [9.17, 15) is 35.2 Å². The minimum absolute atomic E-state index is 0.00729. The van der Waals surface area contributed by atoms with Crippen molar-refractivity contribution in [3.8, 4) is 0 Å². The maximum Gasteiger partial charge on any atom is 0.419 e. The van der Waals surface area contributed by atoms with Gasteiger partial charge in [-0.05, 0) is 43.3 Å². The fraction of sp³-hybridized carbons (Fsp3) is 0.174. The van der Waals surface area contributed by atoms with Gasteiger partial charge in [-0.25, -0.2) is 17.2 Å². The molecule has 0 saturated heterocycles. The van der Waals surface area contributed by atoms with E-state index in [0.29, 0.717) is 16.4 Å². The molecule has 0 unspecified atom stereocenters. The van der Waals surface area contributed by atoms with Crippen LogP contribution < -0.4 is 5.32 Å². The van der Waals surface area contributed by atoms with E-state index in [2.05, 4.69) is 5.32 Å².